The molecule has 1 N–H and O–H groups in total. The van der Waals surface area contributed by atoms with Crippen LogP contribution < -0.4 is 14.8 Å². The van der Waals surface area contributed by atoms with Gasteiger partial charge in [-0.15, -0.1) is 0 Å². The fraction of sp³-hybridized carbons (Fsp3) is 0.227. The Morgan fingerprint density at radius 2 is 1.70 bits per heavy atom. The van der Waals surface area contributed by atoms with Crippen LogP contribution in [0, 0.1) is 6.92 Å². The second-order valence-corrected chi connectivity index (χ2v) is 6.32. The van der Waals surface area contributed by atoms with Crippen LogP contribution in [-0.4, -0.2) is 24.7 Å². The van der Waals surface area contributed by atoms with Crippen molar-refractivity contribution in [1.29, 1.82) is 0 Å². The molecule has 3 rings (SSSR count). The summed E-state index contributed by atoms with van der Waals surface area (Å²) in [6.45, 7) is 2.07. The summed E-state index contributed by atoms with van der Waals surface area (Å²) in [5.74, 6) is 1.14. The first-order valence-electron chi connectivity index (χ1n) is 8.82. The summed E-state index contributed by atoms with van der Waals surface area (Å²) in [4.78, 5) is 12.8. The van der Waals surface area contributed by atoms with E-state index < -0.39 is 0 Å². The monoisotopic (exact) mass is 364 g/mol. The van der Waals surface area contributed by atoms with Gasteiger partial charge in [0, 0.05) is 24.1 Å². The number of hydrogen-bond donors (Lipinski definition) is 1. The molecule has 5 heteroatoms. The molecular formula is C22H24N2O3. The van der Waals surface area contributed by atoms with Crippen LogP contribution in [0.15, 0.2) is 67.0 Å². The number of carbonyl (C=O) groups is 1. The van der Waals surface area contributed by atoms with Crippen LogP contribution in [0.4, 0.5) is 5.69 Å². The van der Waals surface area contributed by atoms with Crippen LogP contribution >= 0.6 is 0 Å². The first kappa shape index (κ1) is 18.6. The van der Waals surface area contributed by atoms with Crippen LogP contribution in [0.2, 0.25) is 0 Å². The Morgan fingerprint density at radius 1 is 1.00 bits per heavy atom. The summed E-state index contributed by atoms with van der Waals surface area (Å²) in [6.07, 6.45) is 4.30. The quantitative estimate of drug-likeness (QED) is 0.675. The van der Waals surface area contributed by atoms with E-state index in [1.807, 2.05) is 36.7 Å². The van der Waals surface area contributed by atoms with Crippen molar-refractivity contribution in [1.82, 2.24) is 4.57 Å². The van der Waals surface area contributed by atoms with Gasteiger partial charge < -0.3 is 19.4 Å². The van der Waals surface area contributed by atoms with E-state index in [1.54, 1.807) is 32.4 Å². The van der Waals surface area contributed by atoms with Crippen LogP contribution in [0.5, 0.6) is 11.5 Å². The summed E-state index contributed by atoms with van der Waals surface area (Å²) in [6, 6.07) is 17.4. The van der Waals surface area contributed by atoms with Crippen molar-refractivity contribution in [3.05, 3.63) is 78.1 Å². The molecule has 0 saturated carbocycles. The fourth-order valence-corrected chi connectivity index (χ4v) is 3.19. The maximum Gasteiger partial charge on any atom is 0.226 e. The highest BCUT2D eigenvalue weighted by molar-refractivity contribution is 5.91. The summed E-state index contributed by atoms with van der Waals surface area (Å²) >= 11 is 0. The lowest BCUT2D eigenvalue weighted by Gasteiger charge is -2.21. The minimum Gasteiger partial charge on any atom is -0.493 e. The lowest BCUT2D eigenvalue weighted by Crippen LogP contribution is -2.20. The molecular weight excluding hydrogens is 340 g/mol. The predicted octanol–water partition coefficient (Wildman–Crippen LogP) is 4.43. The van der Waals surface area contributed by atoms with Gasteiger partial charge in [0.2, 0.25) is 5.91 Å². The van der Waals surface area contributed by atoms with Crippen molar-refractivity contribution in [2.24, 2.45) is 0 Å². The number of nitrogens with one attached hydrogen (secondary N) is 1. The van der Waals surface area contributed by atoms with Gasteiger partial charge in [-0.1, -0.05) is 24.3 Å². The minimum absolute atomic E-state index is 0.0656. The fourth-order valence-electron chi connectivity index (χ4n) is 3.19. The second kappa shape index (κ2) is 8.45. The number of ether oxygens (including phenoxy) is 2. The Bertz CT molecular complexity index is 904. The van der Waals surface area contributed by atoms with Gasteiger partial charge in [-0.3, -0.25) is 4.79 Å². The zero-order valence-electron chi connectivity index (χ0n) is 15.8. The zero-order valence-corrected chi connectivity index (χ0v) is 15.8. The Kier molecular flexibility index (Phi) is 5.81. The number of aromatic nitrogens is 1. The van der Waals surface area contributed by atoms with E-state index in [2.05, 4.69) is 28.9 Å². The van der Waals surface area contributed by atoms with Gasteiger partial charge in [0.1, 0.15) is 0 Å². The Labute approximate surface area is 159 Å². The number of aryl methyl sites for hydroxylation is 1. The lowest BCUT2D eigenvalue weighted by atomic mass is 9.98. The first-order chi connectivity index (χ1) is 13.1. The lowest BCUT2D eigenvalue weighted by molar-refractivity contribution is -0.116. The molecule has 0 aliphatic heterocycles. The van der Waals surface area contributed by atoms with E-state index in [0.717, 1.165) is 11.1 Å². The molecule has 3 aromatic rings. The van der Waals surface area contributed by atoms with E-state index in [4.69, 9.17) is 9.47 Å². The Balaban J connectivity index is 1.80. The molecule has 0 aliphatic carbocycles. The Morgan fingerprint density at radius 3 is 2.37 bits per heavy atom. The third-order valence-electron chi connectivity index (χ3n) is 4.58. The van der Waals surface area contributed by atoms with Crippen molar-refractivity contribution in [2.75, 3.05) is 19.5 Å². The maximum absolute atomic E-state index is 12.8. The molecule has 5 nitrogen and oxygen atoms in total. The van der Waals surface area contributed by atoms with Crippen molar-refractivity contribution in [3.8, 4) is 11.5 Å². The van der Waals surface area contributed by atoms with Gasteiger partial charge in [0.25, 0.3) is 0 Å². The molecule has 140 valence electrons. The molecule has 1 heterocycles. The molecule has 0 saturated heterocycles. The molecule has 1 aromatic heterocycles. The molecule has 0 spiro atoms. The average molecular weight is 364 g/mol. The SMILES string of the molecule is COc1ccc(NC(=O)C[C@H](c2ccccc2C)n2cccc2)cc1OC. The minimum atomic E-state index is -0.0682. The van der Waals surface area contributed by atoms with Crippen LogP contribution in [0.1, 0.15) is 23.6 Å². The molecule has 0 unspecified atom stereocenters. The van der Waals surface area contributed by atoms with Gasteiger partial charge in [-0.25, -0.2) is 0 Å². The van der Waals surface area contributed by atoms with E-state index in [9.17, 15) is 4.79 Å². The third-order valence-corrected chi connectivity index (χ3v) is 4.58. The molecule has 1 amide bonds. The van der Waals surface area contributed by atoms with Gasteiger partial charge in [-0.05, 0) is 42.3 Å². The molecule has 0 fully saturated rings. The molecule has 0 bridgehead atoms. The van der Waals surface area contributed by atoms with Crippen LogP contribution in [0.3, 0.4) is 0 Å². The molecule has 27 heavy (non-hydrogen) atoms. The largest absolute Gasteiger partial charge is 0.493 e. The molecule has 0 radical (unpaired) electrons. The smallest absolute Gasteiger partial charge is 0.226 e. The summed E-state index contributed by atoms with van der Waals surface area (Å²) < 4.78 is 12.6. The number of rotatable bonds is 7. The van der Waals surface area contributed by atoms with Crippen LogP contribution in [0.25, 0.3) is 0 Å². The number of methoxy groups -OCH3 is 2. The molecule has 0 aliphatic rings. The van der Waals surface area contributed by atoms with Gasteiger partial charge in [-0.2, -0.15) is 0 Å². The van der Waals surface area contributed by atoms with Gasteiger partial charge in [0.15, 0.2) is 11.5 Å². The maximum atomic E-state index is 12.8. The number of nitrogens with zero attached hydrogens (tertiary/aromatic N) is 1. The topological polar surface area (TPSA) is 52.5 Å². The number of anilines is 1. The molecule has 1 atom stereocenters. The second-order valence-electron chi connectivity index (χ2n) is 6.32. The predicted molar refractivity (Wildman–Crippen MR) is 107 cm³/mol. The highest BCUT2D eigenvalue weighted by Gasteiger charge is 2.19. The number of benzene rings is 2. The number of amides is 1. The highest BCUT2D eigenvalue weighted by atomic mass is 16.5. The zero-order chi connectivity index (χ0) is 19.2. The standard InChI is InChI=1S/C22H24N2O3/c1-16-8-4-5-9-18(16)19(24-12-6-7-13-24)15-22(25)23-17-10-11-20(26-2)21(14-17)27-3/h4-14,19H,15H2,1-3H3,(H,23,25)/t19-/m1/s1. The van der Waals surface area contributed by atoms with Crippen LogP contribution in [-0.2, 0) is 4.79 Å². The average Bonchev–Trinajstić information content (AvgIpc) is 3.21. The summed E-state index contributed by atoms with van der Waals surface area (Å²) in [5, 5.41) is 2.96. The van der Waals surface area contributed by atoms with Gasteiger partial charge >= 0.3 is 0 Å². The van der Waals surface area contributed by atoms with E-state index in [-0.39, 0.29) is 11.9 Å². The van der Waals surface area contributed by atoms with Crippen molar-refractivity contribution >= 4 is 11.6 Å². The van der Waals surface area contributed by atoms with Crippen molar-refractivity contribution < 1.29 is 14.3 Å². The van der Waals surface area contributed by atoms with Gasteiger partial charge in [0.05, 0.1) is 26.7 Å². The molecule has 2 aromatic carbocycles. The van der Waals surface area contributed by atoms with E-state index >= 15 is 0 Å². The summed E-state index contributed by atoms with van der Waals surface area (Å²) in [7, 11) is 3.16. The van der Waals surface area contributed by atoms with Crippen molar-refractivity contribution in [2.45, 2.75) is 19.4 Å². The van der Waals surface area contributed by atoms with E-state index in [0.29, 0.717) is 23.6 Å². The first-order valence-corrected chi connectivity index (χ1v) is 8.82. The summed E-state index contributed by atoms with van der Waals surface area (Å²) in [5.41, 5.74) is 2.97. The third kappa shape index (κ3) is 4.31. The Hall–Kier alpha value is -3.21. The van der Waals surface area contributed by atoms with E-state index in [1.165, 1.54) is 0 Å². The normalized spacial score (nSPS) is 11.7. The number of hydrogen-bond acceptors (Lipinski definition) is 3. The highest BCUT2D eigenvalue weighted by Crippen LogP contribution is 2.30. The van der Waals surface area contributed by atoms with Crippen molar-refractivity contribution in [3.63, 3.8) is 0 Å². The number of carbonyl (C=O) groups excluding carboxylic acids is 1.